The second kappa shape index (κ2) is 8.69. The molecule has 6 nitrogen and oxygen atoms in total. The van der Waals surface area contributed by atoms with Crippen LogP contribution in [0.25, 0.3) is 0 Å². The van der Waals surface area contributed by atoms with Gasteiger partial charge in [0, 0.05) is 30.9 Å². The van der Waals surface area contributed by atoms with Crippen LogP contribution in [-0.4, -0.2) is 36.5 Å². The topological polar surface area (TPSA) is 70.7 Å². The van der Waals surface area contributed by atoms with Crippen molar-refractivity contribution in [3.8, 4) is 5.75 Å². The fourth-order valence-corrected chi connectivity index (χ4v) is 2.62. The molecule has 148 valence electrons. The minimum atomic E-state index is -2.87. The maximum atomic E-state index is 12.6. The van der Waals surface area contributed by atoms with Crippen LogP contribution in [-0.2, 0) is 6.54 Å². The standard InChI is InChI=1S/C20H21F2N3O3/c1-25(12-13-2-10-17(11-3-13)28-19(21)22)18(26)14-4-6-15(7-5-14)23-20(27)24-16-8-9-16/h2-7,10-11,16,19H,8-9,12H2,1H3,(H2,23,24,27). The minimum Gasteiger partial charge on any atom is -0.435 e. The van der Waals surface area contributed by atoms with Gasteiger partial charge in [0.2, 0.25) is 0 Å². The molecule has 2 aromatic rings. The molecule has 2 N–H and O–H groups in total. The highest BCUT2D eigenvalue weighted by Gasteiger charge is 2.23. The van der Waals surface area contributed by atoms with Crippen molar-refractivity contribution in [2.45, 2.75) is 32.0 Å². The van der Waals surface area contributed by atoms with Crippen molar-refractivity contribution in [3.05, 3.63) is 59.7 Å². The van der Waals surface area contributed by atoms with Gasteiger partial charge in [-0.25, -0.2) is 4.79 Å². The normalized spacial score (nSPS) is 13.1. The van der Waals surface area contributed by atoms with Crippen molar-refractivity contribution in [3.63, 3.8) is 0 Å². The number of nitrogens with one attached hydrogen (secondary N) is 2. The van der Waals surface area contributed by atoms with Crippen molar-refractivity contribution in [1.82, 2.24) is 10.2 Å². The van der Waals surface area contributed by atoms with Crippen molar-refractivity contribution < 1.29 is 23.1 Å². The van der Waals surface area contributed by atoms with Gasteiger partial charge in [-0.15, -0.1) is 0 Å². The van der Waals surface area contributed by atoms with Crippen LogP contribution in [0, 0.1) is 0 Å². The molecule has 0 bridgehead atoms. The van der Waals surface area contributed by atoms with Crippen LogP contribution in [0.5, 0.6) is 5.75 Å². The zero-order chi connectivity index (χ0) is 20.1. The molecular formula is C20H21F2N3O3. The highest BCUT2D eigenvalue weighted by molar-refractivity contribution is 5.95. The quantitative estimate of drug-likeness (QED) is 0.756. The Bertz CT molecular complexity index is 822. The Kier molecular flexibility index (Phi) is 6.08. The van der Waals surface area contributed by atoms with Crippen LogP contribution in [0.2, 0.25) is 0 Å². The van der Waals surface area contributed by atoms with Gasteiger partial charge in [-0.2, -0.15) is 8.78 Å². The number of carbonyl (C=O) groups excluding carboxylic acids is 2. The molecule has 28 heavy (non-hydrogen) atoms. The molecule has 8 heteroatoms. The fourth-order valence-electron chi connectivity index (χ4n) is 2.62. The van der Waals surface area contributed by atoms with E-state index in [1.807, 2.05) is 0 Å². The lowest BCUT2D eigenvalue weighted by Crippen LogP contribution is -2.30. The van der Waals surface area contributed by atoms with E-state index in [1.165, 1.54) is 17.0 Å². The molecule has 0 aromatic heterocycles. The number of urea groups is 1. The van der Waals surface area contributed by atoms with Gasteiger partial charge >= 0.3 is 12.6 Å². The average molecular weight is 389 g/mol. The van der Waals surface area contributed by atoms with Gasteiger partial charge in [-0.3, -0.25) is 4.79 Å². The molecule has 0 spiro atoms. The number of alkyl halides is 2. The van der Waals surface area contributed by atoms with Crippen LogP contribution < -0.4 is 15.4 Å². The Labute approximate surface area is 161 Å². The molecule has 0 unspecified atom stereocenters. The molecular weight excluding hydrogens is 368 g/mol. The van der Waals surface area contributed by atoms with Gasteiger partial charge < -0.3 is 20.3 Å². The summed E-state index contributed by atoms with van der Waals surface area (Å²) in [5, 5.41) is 5.55. The molecule has 0 atom stereocenters. The number of amides is 3. The van der Waals surface area contributed by atoms with E-state index < -0.39 is 6.61 Å². The third-order valence-corrected chi connectivity index (χ3v) is 4.22. The van der Waals surface area contributed by atoms with Gasteiger partial charge in [-0.05, 0) is 54.8 Å². The summed E-state index contributed by atoms with van der Waals surface area (Å²) in [5.74, 6) is -0.122. The summed E-state index contributed by atoms with van der Waals surface area (Å²) in [5.41, 5.74) is 1.87. The lowest BCUT2D eigenvalue weighted by atomic mass is 10.1. The number of carbonyl (C=O) groups is 2. The van der Waals surface area contributed by atoms with Crippen LogP contribution in [0.3, 0.4) is 0 Å². The molecule has 2 aromatic carbocycles. The predicted molar refractivity (Wildman–Crippen MR) is 100 cm³/mol. The maximum Gasteiger partial charge on any atom is 0.387 e. The monoisotopic (exact) mass is 389 g/mol. The number of rotatable bonds is 7. The van der Waals surface area contributed by atoms with E-state index in [2.05, 4.69) is 15.4 Å². The smallest absolute Gasteiger partial charge is 0.387 e. The summed E-state index contributed by atoms with van der Waals surface area (Å²) in [6, 6.07) is 12.8. The highest BCUT2D eigenvalue weighted by atomic mass is 19.3. The number of hydrogen-bond donors (Lipinski definition) is 2. The molecule has 1 fully saturated rings. The summed E-state index contributed by atoms with van der Waals surface area (Å²) in [7, 11) is 1.65. The molecule has 0 aliphatic heterocycles. The summed E-state index contributed by atoms with van der Waals surface area (Å²) in [4.78, 5) is 25.8. The van der Waals surface area contributed by atoms with Gasteiger partial charge in [-0.1, -0.05) is 12.1 Å². The number of benzene rings is 2. The third kappa shape index (κ3) is 5.67. The molecule has 1 aliphatic rings. The largest absolute Gasteiger partial charge is 0.435 e. The van der Waals surface area contributed by atoms with E-state index in [0.717, 1.165) is 18.4 Å². The van der Waals surface area contributed by atoms with Crippen LogP contribution in [0.15, 0.2) is 48.5 Å². The Morgan fingerprint density at radius 3 is 2.32 bits per heavy atom. The van der Waals surface area contributed by atoms with Crippen molar-refractivity contribution in [1.29, 1.82) is 0 Å². The van der Waals surface area contributed by atoms with Crippen LogP contribution in [0.1, 0.15) is 28.8 Å². The molecule has 0 radical (unpaired) electrons. The first-order valence-corrected chi connectivity index (χ1v) is 8.87. The van der Waals surface area contributed by atoms with Gasteiger partial charge in [0.25, 0.3) is 5.91 Å². The highest BCUT2D eigenvalue weighted by Crippen LogP contribution is 2.19. The molecule has 1 saturated carbocycles. The first-order valence-electron chi connectivity index (χ1n) is 8.87. The fraction of sp³-hybridized carbons (Fsp3) is 0.300. The summed E-state index contributed by atoms with van der Waals surface area (Å²) in [6.07, 6.45) is 2.02. The molecule has 0 saturated heterocycles. The number of hydrogen-bond acceptors (Lipinski definition) is 3. The van der Waals surface area contributed by atoms with Gasteiger partial charge in [0.05, 0.1) is 0 Å². The SMILES string of the molecule is CN(Cc1ccc(OC(F)F)cc1)C(=O)c1ccc(NC(=O)NC2CC2)cc1. The van der Waals surface area contributed by atoms with Gasteiger partial charge in [0.15, 0.2) is 0 Å². The Balaban J connectivity index is 1.54. The van der Waals surface area contributed by atoms with Crippen molar-refractivity contribution >= 4 is 17.6 Å². The zero-order valence-corrected chi connectivity index (χ0v) is 15.3. The van der Waals surface area contributed by atoms with E-state index in [9.17, 15) is 18.4 Å². The second-order valence-corrected chi connectivity index (χ2v) is 6.63. The second-order valence-electron chi connectivity index (χ2n) is 6.63. The molecule has 1 aliphatic carbocycles. The summed E-state index contributed by atoms with van der Waals surface area (Å²) >= 11 is 0. The molecule has 3 rings (SSSR count). The first-order chi connectivity index (χ1) is 13.4. The Morgan fingerprint density at radius 1 is 1.11 bits per heavy atom. The van der Waals surface area contributed by atoms with E-state index >= 15 is 0 Å². The van der Waals surface area contributed by atoms with Crippen LogP contribution >= 0.6 is 0 Å². The summed E-state index contributed by atoms with van der Waals surface area (Å²) in [6.45, 7) is -2.55. The number of ether oxygens (including phenoxy) is 1. The molecule has 3 amide bonds. The van der Waals surface area contributed by atoms with E-state index in [1.54, 1.807) is 43.4 Å². The van der Waals surface area contributed by atoms with Gasteiger partial charge in [0.1, 0.15) is 5.75 Å². The van der Waals surface area contributed by atoms with E-state index in [0.29, 0.717) is 17.8 Å². The lowest BCUT2D eigenvalue weighted by Gasteiger charge is -2.18. The minimum absolute atomic E-state index is 0.0709. The number of anilines is 1. The Morgan fingerprint density at radius 2 is 1.75 bits per heavy atom. The zero-order valence-electron chi connectivity index (χ0n) is 15.3. The summed E-state index contributed by atoms with van der Waals surface area (Å²) < 4.78 is 28.7. The number of halogens is 2. The van der Waals surface area contributed by atoms with E-state index in [-0.39, 0.29) is 23.7 Å². The van der Waals surface area contributed by atoms with Crippen molar-refractivity contribution in [2.75, 3.05) is 12.4 Å². The Hall–Kier alpha value is -3.16. The predicted octanol–water partition coefficient (Wildman–Crippen LogP) is 3.84. The maximum absolute atomic E-state index is 12.6. The van der Waals surface area contributed by atoms with Crippen LogP contribution in [0.4, 0.5) is 19.3 Å². The lowest BCUT2D eigenvalue weighted by molar-refractivity contribution is -0.0498. The first kappa shape index (κ1) is 19.6. The third-order valence-electron chi connectivity index (χ3n) is 4.22. The van der Waals surface area contributed by atoms with E-state index in [4.69, 9.17) is 0 Å². The van der Waals surface area contributed by atoms with Crippen molar-refractivity contribution in [2.24, 2.45) is 0 Å². The number of nitrogens with zero attached hydrogens (tertiary/aromatic N) is 1. The average Bonchev–Trinajstić information content (AvgIpc) is 3.46. The molecule has 0 heterocycles.